The smallest absolute Gasteiger partial charge is 0.410 e. The molecule has 0 fully saturated rings. The van der Waals surface area contributed by atoms with Crippen LogP contribution in [0.25, 0.3) is 0 Å². The van der Waals surface area contributed by atoms with Crippen LogP contribution in [0.1, 0.15) is 43.2 Å². The third kappa shape index (κ3) is 5.15. The molecule has 6 nitrogen and oxygen atoms in total. The second-order valence-electron chi connectivity index (χ2n) is 7.74. The van der Waals surface area contributed by atoms with Crippen LogP contribution in [0.5, 0.6) is 5.88 Å². The van der Waals surface area contributed by atoms with Crippen molar-refractivity contribution in [3.63, 3.8) is 0 Å². The Labute approximate surface area is 173 Å². The van der Waals surface area contributed by atoms with Gasteiger partial charge in [-0.15, -0.1) is 0 Å². The van der Waals surface area contributed by atoms with Gasteiger partial charge < -0.3 is 14.4 Å². The van der Waals surface area contributed by atoms with E-state index in [0.29, 0.717) is 24.2 Å². The van der Waals surface area contributed by atoms with Gasteiger partial charge >= 0.3 is 6.09 Å². The Kier molecular flexibility index (Phi) is 5.94. The lowest BCUT2D eigenvalue weighted by molar-refractivity contribution is 0.0220. The molecule has 0 atom stereocenters. The maximum Gasteiger partial charge on any atom is 0.410 e. The fraction of sp³-hybridized carbons (Fsp3) is 0.381. The number of halogens is 2. The minimum Gasteiger partial charge on any atom is -0.472 e. The number of hydrogen-bond acceptors (Lipinski definition) is 5. The van der Waals surface area contributed by atoms with Crippen LogP contribution in [-0.4, -0.2) is 28.1 Å². The lowest BCUT2D eigenvalue weighted by Crippen LogP contribution is -2.40. The van der Waals surface area contributed by atoms with Gasteiger partial charge in [0.1, 0.15) is 29.7 Å². The molecule has 2 heterocycles. The highest BCUT2D eigenvalue weighted by Crippen LogP contribution is 2.26. The summed E-state index contributed by atoms with van der Waals surface area (Å²) in [5.41, 5.74) is 1.49. The van der Waals surface area contributed by atoms with E-state index in [9.17, 15) is 14.4 Å². The zero-order chi connectivity index (χ0) is 21.2. The van der Waals surface area contributed by atoms with Crippen molar-refractivity contribution in [2.24, 2.45) is 0 Å². The lowest BCUT2D eigenvalue weighted by Gasteiger charge is -2.30. The van der Waals surface area contributed by atoms with Crippen LogP contribution in [0.15, 0.2) is 24.3 Å². The molecule has 1 aromatic carbocycles. The largest absolute Gasteiger partial charge is 0.472 e. The number of nitriles is 1. The number of amides is 1. The molecule has 2 aromatic rings. The lowest BCUT2D eigenvalue weighted by atomic mass is 10.0. The van der Waals surface area contributed by atoms with Gasteiger partial charge in [0.15, 0.2) is 0 Å². The molecule has 0 spiro atoms. The van der Waals surface area contributed by atoms with Gasteiger partial charge in [0.25, 0.3) is 0 Å². The molecular formula is C21H21ClFN3O3. The van der Waals surface area contributed by atoms with Gasteiger partial charge in [-0.3, -0.25) is 0 Å². The first kappa shape index (κ1) is 20.9. The Hall–Kier alpha value is -2.85. The summed E-state index contributed by atoms with van der Waals surface area (Å²) in [6, 6.07) is 8.06. The third-order valence-electron chi connectivity index (χ3n) is 4.30. The van der Waals surface area contributed by atoms with Crippen molar-refractivity contribution in [1.29, 1.82) is 5.26 Å². The molecule has 8 heteroatoms. The molecule has 0 bridgehead atoms. The van der Waals surface area contributed by atoms with Crippen molar-refractivity contribution in [1.82, 2.24) is 9.88 Å². The van der Waals surface area contributed by atoms with Crippen molar-refractivity contribution < 1.29 is 18.7 Å². The van der Waals surface area contributed by atoms with Crippen LogP contribution in [0, 0.1) is 17.1 Å². The van der Waals surface area contributed by atoms with Gasteiger partial charge in [0.2, 0.25) is 5.88 Å². The van der Waals surface area contributed by atoms with Crippen LogP contribution in [-0.2, 0) is 24.3 Å². The predicted octanol–water partition coefficient (Wildman–Crippen LogP) is 4.62. The summed E-state index contributed by atoms with van der Waals surface area (Å²) in [6.07, 6.45) is 0.141. The molecule has 0 aliphatic carbocycles. The highest BCUT2D eigenvalue weighted by atomic mass is 35.5. The summed E-state index contributed by atoms with van der Waals surface area (Å²) >= 11 is 5.76. The van der Waals surface area contributed by atoms with Crippen LogP contribution < -0.4 is 4.74 Å². The van der Waals surface area contributed by atoms with E-state index in [-0.39, 0.29) is 29.6 Å². The first-order valence-electron chi connectivity index (χ1n) is 9.14. The zero-order valence-corrected chi connectivity index (χ0v) is 17.2. The van der Waals surface area contributed by atoms with Crippen LogP contribution in [0.3, 0.4) is 0 Å². The first-order chi connectivity index (χ1) is 13.7. The molecule has 152 valence electrons. The number of aromatic nitrogens is 1. The van der Waals surface area contributed by atoms with E-state index in [4.69, 9.17) is 21.1 Å². The number of benzene rings is 1. The molecule has 0 radical (unpaired) electrons. The number of hydrogen-bond donors (Lipinski definition) is 0. The van der Waals surface area contributed by atoms with Gasteiger partial charge in [-0.05, 0) is 51.0 Å². The molecular weight excluding hydrogens is 397 g/mol. The second-order valence-corrected chi connectivity index (χ2v) is 8.17. The number of rotatable bonds is 3. The van der Waals surface area contributed by atoms with Gasteiger partial charge in [0.05, 0.1) is 12.2 Å². The van der Waals surface area contributed by atoms with E-state index in [2.05, 4.69) is 11.1 Å². The van der Waals surface area contributed by atoms with Gasteiger partial charge in [0, 0.05) is 17.1 Å². The zero-order valence-electron chi connectivity index (χ0n) is 16.5. The summed E-state index contributed by atoms with van der Waals surface area (Å²) < 4.78 is 25.0. The van der Waals surface area contributed by atoms with Crippen LogP contribution in [0.2, 0.25) is 5.02 Å². The Morgan fingerprint density at radius 3 is 2.79 bits per heavy atom. The van der Waals surface area contributed by atoms with Gasteiger partial charge in [-0.1, -0.05) is 17.7 Å². The minimum atomic E-state index is -0.591. The van der Waals surface area contributed by atoms with E-state index >= 15 is 0 Å². The van der Waals surface area contributed by atoms with E-state index in [1.54, 1.807) is 17.0 Å². The van der Waals surface area contributed by atoms with Crippen molar-refractivity contribution in [2.45, 2.75) is 45.9 Å². The molecule has 1 amide bonds. The number of fused-ring (bicyclic) bond motifs is 1. The van der Waals surface area contributed by atoms with Gasteiger partial charge in [-0.25, -0.2) is 14.2 Å². The Morgan fingerprint density at radius 1 is 1.38 bits per heavy atom. The minimum absolute atomic E-state index is 0.0980. The first-order valence-corrected chi connectivity index (χ1v) is 9.51. The number of carbonyl (C=O) groups is 1. The van der Waals surface area contributed by atoms with Crippen molar-refractivity contribution in [2.75, 3.05) is 6.54 Å². The summed E-state index contributed by atoms with van der Waals surface area (Å²) in [5, 5.41) is 9.72. The molecule has 0 saturated heterocycles. The number of carbonyl (C=O) groups excluding carboxylic acids is 1. The number of ether oxygens (including phenoxy) is 2. The van der Waals surface area contributed by atoms with Crippen LogP contribution >= 0.6 is 11.6 Å². The summed E-state index contributed by atoms with van der Waals surface area (Å²) in [4.78, 5) is 18.3. The third-order valence-corrected chi connectivity index (χ3v) is 4.53. The second kappa shape index (κ2) is 8.26. The maximum absolute atomic E-state index is 14.0. The van der Waals surface area contributed by atoms with E-state index in [1.165, 1.54) is 12.1 Å². The molecule has 3 rings (SSSR count). The summed E-state index contributed by atoms with van der Waals surface area (Å²) in [7, 11) is 0. The normalized spacial score (nSPS) is 13.4. The quantitative estimate of drug-likeness (QED) is 0.728. The molecule has 0 saturated carbocycles. The van der Waals surface area contributed by atoms with Crippen molar-refractivity contribution in [3.05, 3.63) is 57.5 Å². The topological polar surface area (TPSA) is 75.5 Å². The maximum atomic E-state index is 14.0. The van der Waals surface area contributed by atoms with E-state index < -0.39 is 17.5 Å². The van der Waals surface area contributed by atoms with Gasteiger partial charge in [-0.2, -0.15) is 5.26 Å². The summed E-state index contributed by atoms with van der Waals surface area (Å²) in [6.45, 7) is 6.05. The molecule has 29 heavy (non-hydrogen) atoms. The average molecular weight is 418 g/mol. The van der Waals surface area contributed by atoms with E-state index in [0.717, 1.165) is 5.56 Å². The van der Waals surface area contributed by atoms with E-state index in [1.807, 2.05) is 20.8 Å². The average Bonchev–Trinajstić information content (AvgIpc) is 2.64. The standard InChI is InChI=1S/C21H21ClFN3O3/c1-21(2,3)29-20(27)26-7-6-13-8-15(10-24)19(25-18(13)11-26)28-12-14-4-5-16(22)9-17(14)23/h4-5,8-9H,6-7,11-12H2,1-3H3. The molecule has 1 aliphatic heterocycles. The molecule has 1 aromatic heterocycles. The number of nitrogens with zero attached hydrogens (tertiary/aromatic N) is 3. The fourth-order valence-electron chi connectivity index (χ4n) is 2.90. The molecule has 1 aliphatic rings. The summed E-state index contributed by atoms with van der Waals surface area (Å²) in [5.74, 6) is -0.392. The Morgan fingerprint density at radius 2 is 2.14 bits per heavy atom. The Balaban J connectivity index is 1.79. The molecule has 0 unspecified atom stereocenters. The highest BCUT2D eigenvalue weighted by molar-refractivity contribution is 6.30. The number of pyridine rings is 1. The SMILES string of the molecule is CC(C)(C)OC(=O)N1CCc2cc(C#N)c(OCc3ccc(Cl)cc3F)nc2C1. The Bertz CT molecular complexity index is 982. The fourth-order valence-corrected chi connectivity index (χ4v) is 3.06. The monoisotopic (exact) mass is 417 g/mol. The predicted molar refractivity (Wildman–Crippen MR) is 105 cm³/mol. The molecule has 0 N–H and O–H groups in total. The van der Waals surface area contributed by atoms with Crippen LogP contribution in [0.4, 0.5) is 9.18 Å². The van der Waals surface area contributed by atoms with Crippen molar-refractivity contribution >= 4 is 17.7 Å². The van der Waals surface area contributed by atoms with Crippen molar-refractivity contribution in [3.8, 4) is 11.9 Å². The highest BCUT2D eigenvalue weighted by Gasteiger charge is 2.27.